The van der Waals surface area contributed by atoms with E-state index in [0.29, 0.717) is 12.1 Å². The van der Waals surface area contributed by atoms with Gasteiger partial charge in [-0.15, -0.1) is 0 Å². The van der Waals surface area contributed by atoms with Crippen molar-refractivity contribution in [3.05, 3.63) is 18.7 Å². The molecule has 6 nitrogen and oxygen atoms in total. The number of ether oxygens (including phenoxy) is 1. The Morgan fingerprint density at radius 1 is 1.27 bits per heavy atom. The van der Waals surface area contributed by atoms with Gasteiger partial charge in [-0.3, -0.25) is 4.99 Å². The molecule has 0 spiro atoms. The molecule has 6 heteroatoms. The maximum absolute atomic E-state index is 5.66. The Kier molecular flexibility index (Phi) is 5.70. The smallest absolute Gasteiger partial charge is 0.191 e. The van der Waals surface area contributed by atoms with Crippen LogP contribution in [0.1, 0.15) is 38.5 Å². The molecular formula is C16H27N5O. The van der Waals surface area contributed by atoms with E-state index >= 15 is 0 Å². The van der Waals surface area contributed by atoms with Crippen LogP contribution in [-0.2, 0) is 11.3 Å². The van der Waals surface area contributed by atoms with Gasteiger partial charge in [0, 0.05) is 38.1 Å². The average molecular weight is 305 g/mol. The van der Waals surface area contributed by atoms with E-state index in [9.17, 15) is 0 Å². The molecule has 3 rings (SSSR count). The number of rotatable bonds is 6. The highest BCUT2D eigenvalue weighted by atomic mass is 16.5. The van der Waals surface area contributed by atoms with Crippen LogP contribution in [0.4, 0.5) is 0 Å². The molecule has 122 valence electrons. The molecule has 1 aromatic heterocycles. The fraction of sp³-hybridized carbons (Fsp3) is 0.750. The fourth-order valence-electron chi connectivity index (χ4n) is 3.12. The normalized spacial score (nSPS) is 23.1. The number of nitrogens with one attached hydrogen (secondary N) is 2. The van der Waals surface area contributed by atoms with Crippen LogP contribution in [0.25, 0.3) is 0 Å². The SMILES string of the molecule is c1cn(CCNC(=NCC2CCCO2)NC2CCCC2)cn1. The minimum atomic E-state index is 0.302. The van der Waals surface area contributed by atoms with Crippen LogP contribution in [-0.4, -0.2) is 47.4 Å². The first kappa shape index (κ1) is 15.3. The van der Waals surface area contributed by atoms with Gasteiger partial charge in [-0.05, 0) is 25.7 Å². The quantitative estimate of drug-likeness (QED) is 0.618. The predicted octanol–water partition coefficient (Wildman–Crippen LogP) is 1.54. The van der Waals surface area contributed by atoms with Crippen molar-refractivity contribution in [3.63, 3.8) is 0 Å². The number of aliphatic imine (C=N–C) groups is 1. The van der Waals surface area contributed by atoms with Crippen molar-refractivity contribution in [2.24, 2.45) is 4.99 Å². The molecule has 0 bridgehead atoms. The molecule has 22 heavy (non-hydrogen) atoms. The predicted molar refractivity (Wildman–Crippen MR) is 86.9 cm³/mol. The molecule has 0 radical (unpaired) electrons. The van der Waals surface area contributed by atoms with Crippen LogP contribution in [0, 0.1) is 0 Å². The standard InChI is InChI=1S/C16H27N5O/c1-2-5-14(4-1)20-16(19-12-15-6-3-11-22-15)18-8-10-21-9-7-17-13-21/h7,9,13-15H,1-6,8,10-12H2,(H2,18,19,20). The first-order chi connectivity index (χ1) is 10.9. The number of hydrogen-bond acceptors (Lipinski definition) is 3. The number of guanidine groups is 1. The van der Waals surface area contributed by atoms with Gasteiger partial charge in [0.25, 0.3) is 0 Å². The van der Waals surface area contributed by atoms with E-state index in [1.165, 1.54) is 32.1 Å². The van der Waals surface area contributed by atoms with Crippen molar-refractivity contribution in [1.82, 2.24) is 20.2 Å². The lowest BCUT2D eigenvalue weighted by Gasteiger charge is -2.18. The highest BCUT2D eigenvalue weighted by Gasteiger charge is 2.18. The van der Waals surface area contributed by atoms with Gasteiger partial charge in [0.05, 0.1) is 19.0 Å². The third-order valence-electron chi connectivity index (χ3n) is 4.39. The van der Waals surface area contributed by atoms with Crippen LogP contribution in [0.2, 0.25) is 0 Å². The Bertz CT molecular complexity index is 447. The highest BCUT2D eigenvalue weighted by molar-refractivity contribution is 5.80. The van der Waals surface area contributed by atoms with Crippen molar-refractivity contribution < 1.29 is 4.74 Å². The second-order valence-corrected chi connectivity index (χ2v) is 6.18. The van der Waals surface area contributed by atoms with Crippen LogP contribution in [0.5, 0.6) is 0 Å². The summed E-state index contributed by atoms with van der Waals surface area (Å²) >= 11 is 0. The third kappa shape index (κ3) is 4.73. The van der Waals surface area contributed by atoms with Crippen molar-refractivity contribution in [1.29, 1.82) is 0 Å². The van der Waals surface area contributed by atoms with Crippen molar-refractivity contribution in [2.45, 2.75) is 57.2 Å². The summed E-state index contributed by atoms with van der Waals surface area (Å²) < 4.78 is 7.73. The Balaban J connectivity index is 1.48. The van der Waals surface area contributed by atoms with Crippen molar-refractivity contribution >= 4 is 5.96 Å². The molecule has 0 aromatic carbocycles. The van der Waals surface area contributed by atoms with Gasteiger partial charge in [-0.25, -0.2) is 4.98 Å². The zero-order chi connectivity index (χ0) is 15.0. The van der Waals surface area contributed by atoms with Crippen molar-refractivity contribution in [2.75, 3.05) is 19.7 Å². The molecule has 0 amide bonds. The summed E-state index contributed by atoms with van der Waals surface area (Å²) in [7, 11) is 0. The Morgan fingerprint density at radius 2 is 2.18 bits per heavy atom. The van der Waals surface area contributed by atoms with Gasteiger partial charge >= 0.3 is 0 Å². The van der Waals surface area contributed by atoms with E-state index in [1.807, 2.05) is 18.7 Å². The molecular weight excluding hydrogens is 278 g/mol. The van der Waals surface area contributed by atoms with E-state index in [1.54, 1.807) is 0 Å². The molecule has 1 saturated heterocycles. The molecule has 2 heterocycles. The molecule has 2 fully saturated rings. The summed E-state index contributed by atoms with van der Waals surface area (Å²) in [5.74, 6) is 0.933. The zero-order valence-corrected chi connectivity index (χ0v) is 13.2. The molecule has 2 N–H and O–H groups in total. The summed E-state index contributed by atoms with van der Waals surface area (Å²) in [6.07, 6.45) is 13.4. The van der Waals surface area contributed by atoms with E-state index in [4.69, 9.17) is 9.73 Å². The van der Waals surface area contributed by atoms with Crippen LogP contribution in [0.15, 0.2) is 23.7 Å². The molecule has 1 unspecified atom stereocenters. The maximum atomic E-state index is 5.66. The molecule has 1 saturated carbocycles. The van der Waals surface area contributed by atoms with E-state index in [-0.39, 0.29) is 0 Å². The second-order valence-electron chi connectivity index (χ2n) is 6.18. The van der Waals surface area contributed by atoms with Gasteiger partial charge in [-0.2, -0.15) is 0 Å². The lowest BCUT2D eigenvalue weighted by molar-refractivity contribution is 0.117. The first-order valence-corrected chi connectivity index (χ1v) is 8.52. The molecule has 1 aliphatic carbocycles. The summed E-state index contributed by atoms with van der Waals surface area (Å²) in [4.78, 5) is 8.80. The first-order valence-electron chi connectivity index (χ1n) is 8.52. The number of nitrogens with zero attached hydrogens (tertiary/aromatic N) is 3. The second kappa shape index (κ2) is 8.17. The van der Waals surface area contributed by atoms with Gasteiger partial charge in [0.1, 0.15) is 0 Å². The molecule has 1 aromatic rings. The average Bonchev–Trinajstić information content (AvgIpc) is 3.28. The Labute approximate surface area is 132 Å². The largest absolute Gasteiger partial charge is 0.376 e. The van der Waals surface area contributed by atoms with E-state index < -0.39 is 0 Å². The summed E-state index contributed by atoms with van der Waals surface area (Å²) in [5, 5.41) is 7.02. The Morgan fingerprint density at radius 3 is 2.91 bits per heavy atom. The van der Waals surface area contributed by atoms with Crippen molar-refractivity contribution in [3.8, 4) is 0 Å². The monoisotopic (exact) mass is 305 g/mol. The Hall–Kier alpha value is -1.56. The summed E-state index contributed by atoms with van der Waals surface area (Å²) in [6.45, 7) is 3.39. The number of hydrogen-bond donors (Lipinski definition) is 2. The van der Waals surface area contributed by atoms with E-state index in [0.717, 1.165) is 38.6 Å². The van der Waals surface area contributed by atoms with Crippen LogP contribution >= 0.6 is 0 Å². The van der Waals surface area contributed by atoms with Crippen LogP contribution < -0.4 is 10.6 Å². The minimum Gasteiger partial charge on any atom is -0.376 e. The fourth-order valence-corrected chi connectivity index (χ4v) is 3.12. The third-order valence-corrected chi connectivity index (χ3v) is 4.39. The molecule has 1 atom stereocenters. The topological polar surface area (TPSA) is 63.5 Å². The van der Waals surface area contributed by atoms with Gasteiger partial charge in [-0.1, -0.05) is 12.8 Å². The van der Waals surface area contributed by atoms with Gasteiger partial charge in [0.2, 0.25) is 0 Å². The maximum Gasteiger partial charge on any atom is 0.191 e. The highest BCUT2D eigenvalue weighted by Crippen LogP contribution is 2.17. The molecule has 2 aliphatic rings. The zero-order valence-electron chi connectivity index (χ0n) is 13.2. The summed E-state index contributed by atoms with van der Waals surface area (Å²) in [6, 6.07) is 0.573. The minimum absolute atomic E-state index is 0.302. The van der Waals surface area contributed by atoms with E-state index in [2.05, 4.69) is 20.2 Å². The van der Waals surface area contributed by atoms with Gasteiger partial charge in [0.15, 0.2) is 5.96 Å². The molecule has 1 aliphatic heterocycles. The summed E-state index contributed by atoms with van der Waals surface area (Å²) in [5.41, 5.74) is 0. The van der Waals surface area contributed by atoms with Crippen LogP contribution in [0.3, 0.4) is 0 Å². The lowest BCUT2D eigenvalue weighted by atomic mass is 10.2. The lowest BCUT2D eigenvalue weighted by Crippen LogP contribution is -2.43. The van der Waals surface area contributed by atoms with Gasteiger partial charge < -0.3 is 19.9 Å². The number of imidazole rings is 1. The number of aromatic nitrogens is 2.